The van der Waals surface area contributed by atoms with Gasteiger partial charge in [-0.15, -0.1) is 0 Å². The van der Waals surface area contributed by atoms with Gasteiger partial charge in [0, 0.05) is 18.2 Å². The van der Waals surface area contributed by atoms with Crippen LogP contribution in [0.15, 0.2) is 30.6 Å². The normalized spacial score (nSPS) is 10.3. The van der Waals surface area contributed by atoms with E-state index in [2.05, 4.69) is 15.3 Å². The van der Waals surface area contributed by atoms with Gasteiger partial charge in [0.05, 0.1) is 10.7 Å². The molecule has 0 aliphatic rings. The summed E-state index contributed by atoms with van der Waals surface area (Å²) < 4.78 is 12.9. The van der Waals surface area contributed by atoms with E-state index in [1.165, 1.54) is 18.5 Å². The summed E-state index contributed by atoms with van der Waals surface area (Å²) in [5.41, 5.74) is 1.36. The van der Waals surface area contributed by atoms with Gasteiger partial charge in [-0.1, -0.05) is 11.6 Å². The first-order valence-corrected chi connectivity index (χ1v) is 5.60. The van der Waals surface area contributed by atoms with Crippen LogP contribution in [0, 0.1) is 5.82 Å². The maximum Gasteiger partial charge on any atom is 0.129 e. The third kappa shape index (κ3) is 2.71. The van der Waals surface area contributed by atoms with Crippen LogP contribution >= 0.6 is 11.6 Å². The smallest absolute Gasteiger partial charge is 0.129 e. The molecule has 3 nitrogen and oxygen atoms in total. The van der Waals surface area contributed by atoms with Gasteiger partial charge in [0.2, 0.25) is 0 Å². The average Bonchev–Trinajstić information content (AvgIpc) is 2.29. The van der Waals surface area contributed by atoms with Gasteiger partial charge >= 0.3 is 0 Å². The van der Waals surface area contributed by atoms with Crippen molar-refractivity contribution in [1.29, 1.82) is 0 Å². The van der Waals surface area contributed by atoms with E-state index in [9.17, 15) is 4.39 Å². The molecule has 0 aliphatic carbocycles. The van der Waals surface area contributed by atoms with Crippen molar-refractivity contribution in [2.75, 3.05) is 11.9 Å². The van der Waals surface area contributed by atoms with E-state index in [0.717, 1.165) is 12.4 Å². The molecule has 2 aromatic rings. The molecule has 1 N–H and O–H groups in total. The first kappa shape index (κ1) is 11.8. The minimum Gasteiger partial charge on any atom is -0.370 e. The summed E-state index contributed by atoms with van der Waals surface area (Å²) in [4.78, 5) is 8.19. The zero-order valence-corrected chi connectivity index (χ0v) is 10.0. The Morgan fingerprint density at radius 2 is 2.12 bits per heavy atom. The predicted octanol–water partition coefficient (Wildman–Crippen LogP) is 3.37. The highest BCUT2D eigenvalue weighted by molar-refractivity contribution is 6.33. The van der Waals surface area contributed by atoms with E-state index in [1.807, 2.05) is 6.92 Å². The van der Waals surface area contributed by atoms with E-state index < -0.39 is 0 Å². The molecule has 0 atom stereocenters. The van der Waals surface area contributed by atoms with Gasteiger partial charge in [0.1, 0.15) is 18.0 Å². The quantitative estimate of drug-likeness (QED) is 0.909. The molecule has 5 heteroatoms. The second kappa shape index (κ2) is 5.10. The highest BCUT2D eigenvalue weighted by Crippen LogP contribution is 2.27. The predicted molar refractivity (Wildman–Crippen MR) is 66.6 cm³/mol. The van der Waals surface area contributed by atoms with Crippen molar-refractivity contribution in [3.05, 3.63) is 41.4 Å². The highest BCUT2D eigenvalue weighted by Gasteiger charge is 2.07. The van der Waals surface area contributed by atoms with Crippen LogP contribution in [0.1, 0.15) is 6.92 Å². The fraction of sp³-hybridized carbons (Fsp3) is 0.167. The summed E-state index contributed by atoms with van der Waals surface area (Å²) in [5, 5.41) is 3.42. The van der Waals surface area contributed by atoms with E-state index in [0.29, 0.717) is 16.3 Å². The molecule has 0 spiro atoms. The molecule has 88 valence electrons. The first-order valence-electron chi connectivity index (χ1n) is 5.22. The Kier molecular flexibility index (Phi) is 3.54. The van der Waals surface area contributed by atoms with Crippen molar-refractivity contribution in [3.8, 4) is 11.3 Å². The minimum atomic E-state index is -0.361. The molecule has 0 fully saturated rings. The van der Waals surface area contributed by atoms with E-state index >= 15 is 0 Å². The van der Waals surface area contributed by atoms with Crippen molar-refractivity contribution in [3.63, 3.8) is 0 Å². The van der Waals surface area contributed by atoms with Crippen molar-refractivity contribution in [1.82, 2.24) is 9.97 Å². The van der Waals surface area contributed by atoms with Crippen molar-refractivity contribution < 1.29 is 4.39 Å². The number of halogens is 2. The van der Waals surface area contributed by atoms with Gasteiger partial charge in [-0.3, -0.25) is 0 Å². The van der Waals surface area contributed by atoms with Gasteiger partial charge in [-0.25, -0.2) is 14.4 Å². The van der Waals surface area contributed by atoms with Gasteiger partial charge < -0.3 is 5.32 Å². The Morgan fingerprint density at radius 3 is 2.82 bits per heavy atom. The number of nitrogens with one attached hydrogen (secondary N) is 1. The third-order valence-corrected chi connectivity index (χ3v) is 2.54. The molecule has 17 heavy (non-hydrogen) atoms. The fourth-order valence-corrected chi connectivity index (χ4v) is 1.74. The summed E-state index contributed by atoms with van der Waals surface area (Å²) in [6, 6.07) is 6.01. The SMILES string of the molecule is CCNc1cc(-c2ccc(F)cc2Cl)ncn1. The van der Waals surface area contributed by atoms with Crippen LogP contribution in [0.3, 0.4) is 0 Å². The van der Waals surface area contributed by atoms with Crippen LogP contribution in [0.2, 0.25) is 5.02 Å². The summed E-state index contributed by atoms with van der Waals surface area (Å²) in [6.07, 6.45) is 1.45. The minimum absolute atomic E-state index is 0.339. The lowest BCUT2D eigenvalue weighted by atomic mass is 10.1. The molecular formula is C12H11ClFN3. The van der Waals surface area contributed by atoms with Crippen LogP contribution in [-0.4, -0.2) is 16.5 Å². The molecule has 0 radical (unpaired) electrons. The largest absolute Gasteiger partial charge is 0.370 e. The summed E-state index contributed by atoms with van der Waals surface area (Å²) >= 11 is 5.97. The number of hydrogen-bond donors (Lipinski definition) is 1. The van der Waals surface area contributed by atoms with Gasteiger partial charge in [0.15, 0.2) is 0 Å². The monoisotopic (exact) mass is 251 g/mol. The van der Waals surface area contributed by atoms with E-state index in [-0.39, 0.29) is 5.82 Å². The second-order valence-electron chi connectivity index (χ2n) is 3.44. The molecule has 1 heterocycles. The van der Waals surface area contributed by atoms with Crippen molar-refractivity contribution >= 4 is 17.4 Å². The summed E-state index contributed by atoms with van der Waals surface area (Å²) in [7, 11) is 0. The van der Waals surface area contributed by atoms with Crippen LogP contribution in [-0.2, 0) is 0 Å². The van der Waals surface area contributed by atoms with Crippen LogP contribution in [0.25, 0.3) is 11.3 Å². The standard InChI is InChI=1S/C12H11ClFN3/c1-2-15-12-6-11(16-7-17-12)9-4-3-8(14)5-10(9)13/h3-7H,2H2,1H3,(H,15,16,17). The molecule has 0 aliphatic heterocycles. The number of rotatable bonds is 3. The Bertz CT molecular complexity index is 531. The lowest BCUT2D eigenvalue weighted by molar-refractivity contribution is 0.628. The molecule has 0 amide bonds. The third-order valence-electron chi connectivity index (χ3n) is 2.23. The van der Waals surface area contributed by atoms with E-state index in [4.69, 9.17) is 11.6 Å². The van der Waals surface area contributed by atoms with Crippen LogP contribution < -0.4 is 5.32 Å². The Labute approximate surface area is 104 Å². The molecule has 2 rings (SSSR count). The summed E-state index contributed by atoms with van der Waals surface area (Å²) in [6.45, 7) is 2.75. The molecule has 0 saturated carbocycles. The number of benzene rings is 1. The Balaban J connectivity index is 2.42. The van der Waals surface area contributed by atoms with Crippen molar-refractivity contribution in [2.45, 2.75) is 6.92 Å². The highest BCUT2D eigenvalue weighted by atomic mass is 35.5. The number of nitrogens with zero attached hydrogens (tertiary/aromatic N) is 2. The zero-order chi connectivity index (χ0) is 12.3. The fourth-order valence-electron chi connectivity index (χ4n) is 1.48. The number of hydrogen-bond acceptors (Lipinski definition) is 3. The molecule has 1 aromatic heterocycles. The van der Waals surface area contributed by atoms with Gasteiger partial charge in [0.25, 0.3) is 0 Å². The molecule has 1 aromatic carbocycles. The van der Waals surface area contributed by atoms with Gasteiger partial charge in [-0.2, -0.15) is 0 Å². The van der Waals surface area contributed by atoms with Crippen LogP contribution in [0.5, 0.6) is 0 Å². The Hall–Kier alpha value is -1.68. The van der Waals surface area contributed by atoms with Crippen molar-refractivity contribution in [2.24, 2.45) is 0 Å². The van der Waals surface area contributed by atoms with Crippen LogP contribution in [0.4, 0.5) is 10.2 Å². The maximum absolute atomic E-state index is 12.9. The second-order valence-corrected chi connectivity index (χ2v) is 3.85. The number of aromatic nitrogens is 2. The maximum atomic E-state index is 12.9. The van der Waals surface area contributed by atoms with E-state index in [1.54, 1.807) is 12.1 Å². The molecule has 0 bridgehead atoms. The molecule has 0 saturated heterocycles. The lowest BCUT2D eigenvalue weighted by Crippen LogP contribution is -2.00. The van der Waals surface area contributed by atoms with Gasteiger partial charge in [-0.05, 0) is 25.1 Å². The first-order chi connectivity index (χ1) is 8.20. The average molecular weight is 252 g/mol. The summed E-state index contributed by atoms with van der Waals surface area (Å²) in [5.74, 6) is 0.359. The zero-order valence-electron chi connectivity index (χ0n) is 9.24. The topological polar surface area (TPSA) is 37.8 Å². The molecule has 0 unspecified atom stereocenters. The number of anilines is 1. The molecular weight excluding hydrogens is 241 g/mol. The Morgan fingerprint density at radius 1 is 1.29 bits per heavy atom. The lowest BCUT2D eigenvalue weighted by Gasteiger charge is -2.06.